The Balaban J connectivity index is 3.17. The molecular formula is C16H21NO2. The van der Waals surface area contributed by atoms with Gasteiger partial charge < -0.3 is 10.0 Å². The lowest BCUT2D eigenvalue weighted by Crippen LogP contribution is -2.28. The van der Waals surface area contributed by atoms with Crippen LogP contribution in [0.25, 0.3) is 0 Å². The molecule has 0 aliphatic carbocycles. The highest BCUT2D eigenvalue weighted by molar-refractivity contribution is 5.96. The van der Waals surface area contributed by atoms with Crippen molar-refractivity contribution in [1.29, 1.82) is 0 Å². The number of allylic oxidation sites excluding steroid dienone is 3. The standard InChI is InChI=1S/C16H21NO2/c1-7-14(10(2)3)15-8-17(13(6)12(15)5)16(19)11(4)9-18/h18H,2,4-9H2,1,3H3/b15-14-. The second-order valence-electron chi connectivity index (χ2n) is 4.67. The first-order valence-electron chi connectivity index (χ1n) is 6.22. The van der Waals surface area contributed by atoms with Crippen LogP contribution in [0.5, 0.6) is 0 Å². The summed E-state index contributed by atoms with van der Waals surface area (Å²) in [5.74, 6) is -0.305. The Kier molecular flexibility index (Phi) is 4.67. The molecule has 3 heteroatoms. The van der Waals surface area contributed by atoms with Gasteiger partial charge >= 0.3 is 0 Å². The van der Waals surface area contributed by atoms with Crippen LogP contribution < -0.4 is 0 Å². The van der Waals surface area contributed by atoms with Crippen molar-refractivity contribution in [3.63, 3.8) is 0 Å². The van der Waals surface area contributed by atoms with E-state index in [1.165, 1.54) is 4.90 Å². The number of hydrogen-bond donors (Lipinski definition) is 1. The number of rotatable bonds is 4. The van der Waals surface area contributed by atoms with E-state index < -0.39 is 0 Å². The molecule has 0 unspecified atom stereocenters. The molecule has 1 saturated heterocycles. The summed E-state index contributed by atoms with van der Waals surface area (Å²) >= 11 is 0. The molecule has 0 aromatic rings. The summed E-state index contributed by atoms with van der Waals surface area (Å²) in [5.41, 5.74) is 4.57. The summed E-state index contributed by atoms with van der Waals surface area (Å²) in [6, 6.07) is 0. The molecule has 1 amide bonds. The van der Waals surface area contributed by atoms with Gasteiger partial charge in [0.25, 0.3) is 5.91 Å². The average Bonchev–Trinajstić information content (AvgIpc) is 2.66. The van der Waals surface area contributed by atoms with E-state index in [-0.39, 0.29) is 18.1 Å². The van der Waals surface area contributed by atoms with Gasteiger partial charge in [0.1, 0.15) is 0 Å². The van der Waals surface area contributed by atoms with Crippen LogP contribution in [0.1, 0.15) is 20.3 Å². The van der Waals surface area contributed by atoms with Gasteiger partial charge in [0, 0.05) is 11.3 Å². The van der Waals surface area contributed by atoms with Crippen LogP contribution >= 0.6 is 0 Å². The third-order valence-corrected chi connectivity index (χ3v) is 3.33. The van der Waals surface area contributed by atoms with Gasteiger partial charge in [0.05, 0.1) is 13.2 Å². The minimum atomic E-state index is -0.352. The Morgan fingerprint density at radius 2 is 1.95 bits per heavy atom. The molecule has 0 aromatic carbocycles. The molecule has 0 saturated carbocycles. The maximum absolute atomic E-state index is 12.1. The zero-order chi connectivity index (χ0) is 14.7. The van der Waals surface area contributed by atoms with E-state index in [1.807, 2.05) is 13.8 Å². The third kappa shape index (κ3) is 2.76. The van der Waals surface area contributed by atoms with Crippen molar-refractivity contribution in [2.24, 2.45) is 0 Å². The van der Waals surface area contributed by atoms with Crippen molar-refractivity contribution in [1.82, 2.24) is 4.90 Å². The number of hydrogen-bond acceptors (Lipinski definition) is 2. The molecule has 0 bridgehead atoms. The number of amides is 1. The molecule has 1 aliphatic rings. The Labute approximate surface area is 114 Å². The van der Waals surface area contributed by atoms with Crippen LogP contribution in [0.2, 0.25) is 0 Å². The van der Waals surface area contributed by atoms with Gasteiger partial charge in [-0.25, -0.2) is 0 Å². The highest BCUT2D eigenvalue weighted by Gasteiger charge is 2.31. The fraction of sp³-hybridized carbons (Fsp3) is 0.312. The van der Waals surface area contributed by atoms with E-state index in [1.54, 1.807) is 0 Å². The predicted molar refractivity (Wildman–Crippen MR) is 78.3 cm³/mol. The Bertz CT molecular complexity index is 509. The number of nitrogens with zero attached hydrogens (tertiary/aromatic N) is 1. The van der Waals surface area contributed by atoms with Gasteiger partial charge in [-0.15, -0.1) is 0 Å². The maximum Gasteiger partial charge on any atom is 0.256 e. The van der Waals surface area contributed by atoms with E-state index in [0.29, 0.717) is 12.2 Å². The van der Waals surface area contributed by atoms with Gasteiger partial charge in [-0.05, 0) is 30.1 Å². The molecule has 3 nitrogen and oxygen atoms in total. The highest BCUT2D eigenvalue weighted by atomic mass is 16.3. The highest BCUT2D eigenvalue weighted by Crippen LogP contribution is 2.35. The zero-order valence-corrected chi connectivity index (χ0v) is 11.8. The van der Waals surface area contributed by atoms with E-state index >= 15 is 0 Å². The third-order valence-electron chi connectivity index (χ3n) is 3.33. The van der Waals surface area contributed by atoms with Crippen molar-refractivity contribution >= 4 is 5.91 Å². The molecule has 1 heterocycles. The topological polar surface area (TPSA) is 40.5 Å². The van der Waals surface area contributed by atoms with Gasteiger partial charge in [-0.2, -0.15) is 0 Å². The van der Waals surface area contributed by atoms with E-state index in [2.05, 4.69) is 26.3 Å². The molecule has 19 heavy (non-hydrogen) atoms. The SMILES string of the molecule is C=C(CO)C(=O)N1C/C(=C(\CC)C(=C)C)C(=C)C1=C. The Morgan fingerprint density at radius 1 is 1.37 bits per heavy atom. The van der Waals surface area contributed by atoms with Gasteiger partial charge in [0.15, 0.2) is 0 Å². The lowest BCUT2D eigenvalue weighted by molar-refractivity contribution is -0.124. The van der Waals surface area contributed by atoms with Crippen molar-refractivity contribution in [3.8, 4) is 0 Å². The largest absolute Gasteiger partial charge is 0.391 e. The number of carbonyl (C=O) groups excluding carboxylic acids is 1. The fourth-order valence-electron chi connectivity index (χ4n) is 2.19. The maximum atomic E-state index is 12.1. The van der Waals surface area contributed by atoms with Crippen LogP contribution in [0, 0.1) is 0 Å². The Morgan fingerprint density at radius 3 is 2.37 bits per heavy atom. The second kappa shape index (κ2) is 5.85. The first-order valence-corrected chi connectivity index (χ1v) is 6.22. The molecule has 102 valence electrons. The molecule has 0 aromatic heterocycles. The minimum absolute atomic E-state index is 0.156. The van der Waals surface area contributed by atoms with Crippen molar-refractivity contribution < 1.29 is 9.90 Å². The zero-order valence-electron chi connectivity index (χ0n) is 11.8. The molecule has 1 aliphatic heterocycles. The number of aliphatic hydroxyl groups excluding tert-OH is 1. The van der Waals surface area contributed by atoms with Crippen molar-refractivity contribution in [3.05, 3.63) is 59.9 Å². The summed E-state index contributed by atoms with van der Waals surface area (Å²) in [6.07, 6.45) is 0.833. The van der Waals surface area contributed by atoms with Crippen LogP contribution in [0.15, 0.2) is 59.9 Å². The smallest absolute Gasteiger partial charge is 0.256 e. The molecular weight excluding hydrogens is 238 g/mol. The number of carbonyl (C=O) groups is 1. The minimum Gasteiger partial charge on any atom is -0.391 e. The molecule has 1 rings (SSSR count). The molecule has 0 spiro atoms. The second-order valence-corrected chi connectivity index (χ2v) is 4.67. The van der Waals surface area contributed by atoms with Crippen LogP contribution in [-0.2, 0) is 4.79 Å². The van der Waals surface area contributed by atoms with Crippen LogP contribution in [-0.4, -0.2) is 29.1 Å². The van der Waals surface area contributed by atoms with Crippen molar-refractivity contribution in [2.45, 2.75) is 20.3 Å². The normalized spacial score (nSPS) is 17.7. The summed E-state index contributed by atoms with van der Waals surface area (Å²) in [5, 5.41) is 9.00. The quantitative estimate of drug-likeness (QED) is 0.789. The lowest BCUT2D eigenvalue weighted by atomic mass is 9.96. The van der Waals surface area contributed by atoms with Crippen LogP contribution in [0.4, 0.5) is 0 Å². The molecule has 0 atom stereocenters. The summed E-state index contributed by atoms with van der Waals surface area (Å²) in [4.78, 5) is 13.6. The summed E-state index contributed by atoms with van der Waals surface area (Å²) in [7, 11) is 0. The van der Waals surface area contributed by atoms with E-state index in [9.17, 15) is 4.79 Å². The first kappa shape index (κ1) is 15.2. The monoisotopic (exact) mass is 259 g/mol. The molecule has 1 fully saturated rings. The molecule has 1 N–H and O–H groups in total. The van der Waals surface area contributed by atoms with E-state index in [0.717, 1.165) is 28.7 Å². The van der Waals surface area contributed by atoms with Gasteiger partial charge in [-0.3, -0.25) is 4.79 Å². The Hall–Kier alpha value is -1.87. The van der Waals surface area contributed by atoms with Gasteiger partial charge in [0.2, 0.25) is 0 Å². The molecule has 0 radical (unpaired) electrons. The summed E-state index contributed by atoms with van der Waals surface area (Å²) in [6.45, 7) is 19.5. The van der Waals surface area contributed by atoms with E-state index in [4.69, 9.17) is 5.11 Å². The van der Waals surface area contributed by atoms with Crippen molar-refractivity contribution in [2.75, 3.05) is 13.2 Å². The average molecular weight is 259 g/mol. The predicted octanol–water partition coefficient (Wildman–Crippen LogP) is 2.73. The summed E-state index contributed by atoms with van der Waals surface area (Å²) < 4.78 is 0. The number of likely N-dealkylation sites (tertiary alicyclic amines) is 1. The van der Waals surface area contributed by atoms with Gasteiger partial charge in [-0.1, -0.05) is 38.8 Å². The lowest BCUT2D eigenvalue weighted by Gasteiger charge is -2.17. The first-order chi connectivity index (χ1) is 8.84. The fourth-order valence-corrected chi connectivity index (χ4v) is 2.19. The van der Waals surface area contributed by atoms with Crippen LogP contribution in [0.3, 0.4) is 0 Å². The number of aliphatic hydroxyl groups is 1.